The first-order valence-corrected chi connectivity index (χ1v) is 7.34. The van der Waals surface area contributed by atoms with Gasteiger partial charge in [0.2, 0.25) is 0 Å². The van der Waals surface area contributed by atoms with E-state index in [9.17, 15) is 5.26 Å². The van der Waals surface area contributed by atoms with Crippen LogP contribution in [0.4, 0.5) is 0 Å². The Kier molecular flexibility index (Phi) is 3.86. The van der Waals surface area contributed by atoms with Gasteiger partial charge in [0, 0.05) is 17.7 Å². The number of aromatic nitrogens is 2. The van der Waals surface area contributed by atoms with Crippen LogP contribution in [0.25, 0.3) is 16.9 Å². The molecular weight excluding hydrogens is 286 g/mol. The SMILES string of the molecule is COc1cccc(-n2nc(C#N)cc2-c2ccc(C)cc2C)c1. The maximum Gasteiger partial charge on any atom is 0.163 e. The third-order valence-electron chi connectivity index (χ3n) is 3.78. The van der Waals surface area contributed by atoms with Crippen molar-refractivity contribution >= 4 is 0 Å². The molecule has 23 heavy (non-hydrogen) atoms. The van der Waals surface area contributed by atoms with Crippen LogP contribution in [0.3, 0.4) is 0 Å². The molecule has 1 heterocycles. The predicted octanol–water partition coefficient (Wildman–Crippen LogP) is 4.04. The van der Waals surface area contributed by atoms with Gasteiger partial charge in [-0.3, -0.25) is 0 Å². The summed E-state index contributed by atoms with van der Waals surface area (Å²) in [6.07, 6.45) is 0. The predicted molar refractivity (Wildman–Crippen MR) is 89.7 cm³/mol. The monoisotopic (exact) mass is 303 g/mol. The number of hydrogen-bond acceptors (Lipinski definition) is 3. The van der Waals surface area contributed by atoms with Crippen molar-refractivity contribution in [3.8, 4) is 28.8 Å². The maximum absolute atomic E-state index is 9.23. The summed E-state index contributed by atoms with van der Waals surface area (Å²) in [4.78, 5) is 0. The van der Waals surface area contributed by atoms with Gasteiger partial charge >= 0.3 is 0 Å². The molecule has 4 nitrogen and oxygen atoms in total. The molecule has 1 aromatic heterocycles. The summed E-state index contributed by atoms with van der Waals surface area (Å²) in [5, 5.41) is 13.6. The van der Waals surface area contributed by atoms with Gasteiger partial charge in [-0.1, -0.05) is 29.8 Å². The second-order valence-corrected chi connectivity index (χ2v) is 5.46. The van der Waals surface area contributed by atoms with Crippen LogP contribution >= 0.6 is 0 Å². The van der Waals surface area contributed by atoms with E-state index in [0.29, 0.717) is 5.69 Å². The number of rotatable bonds is 3. The van der Waals surface area contributed by atoms with E-state index in [1.807, 2.05) is 30.3 Å². The van der Waals surface area contributed by atoms with Crippen LogP contribution in [0.2, 0.25) is 0 Å². The first-order valence-electron chi connectivity index (χ1n) is 7.34. The second-order valence-electron chi connectivity index (χ2n) is 5.46. The topological polar surface area (TPSA) is 50.8 Å². The highest BCUT2D eigenvalue weighted by Gasteiger charge is 2.14. The molecule has 0 amide bonds. The Labute approximate surface area is 135 Å². The van der Waals surface area contributed by atoms with E-state index in [1.165, 1.54) is 5.56 Å². The fourth-order valence-electron chi connectivity index (χ4n) is 2.67. The summed E-state index contributed by atoms with van der Waals surface area (Å²) in [5.74, 6) is 0.753. The molecule has 0 unspecified atom stereocenters. The van der Waals surface area contributed by atoms with Crippen LogP contribution in [-0.2, 0) is 0 Å². The van der Waals surface area contributed by atoms with E-state index in [4.69, 9.17) is 4.74 Å². The Morgan fingerprint density at radius 2 is 1.91 bits per heavy atom. The Morgan fingerprint density at radius 3 is 2.61 bits per heavy atom. The highest BCUT2D eigenvalue weighted by molar-refractivity contribution is 5.67. The number of aryl methyl sites for hydroxylation is 2. The highest BCUT2D eigenvalue weighted by Crippen LogP contribution is 2.28. The molecule has 0 spiro atoms. The molecule has 0 saturated heterocycles. The van der Waals surface area contributed by atoms with Crippen molar-refractivity contribution in [1.82, 2.24) is 9.78 Å². The number of nitrogens with zero attached hydrogens (tertiary/aromatic N) is 3. The Hall–Kier alpha value is -3.06. The van der Waals surface area contributed by atoms with E-state index in [1.54, 1.807) is 11.8 Å². The standard InChI is InChI=1S/C19H17N3O/c1-13-7-8-18(14(2)9-13)19-10-15(12-20)21-22(19)16-5-4-6-17(11-16)23-3/h4-11H,1-3H3. The number of ether oxygens (including phenoxy) is 1. The van der Waals surface area contributed by atoms with E-state index in [2.05, 4.69) is 43.2 Å². The van der Waals surface area contributed by atoms with E-state index >= 15 is 0 Å². The molecule has 4 heteroatoms. The third kappa shape index (κ3) is 2.82. The summed E-state index contributed by atoms with van der Waals surface area (Å²) in [5.41, 5.74) is 5.57. The van der Waals surface area contributed by atoms with Crippen LogP contribution in [0, 0.1) is 25.2 Å². The minimum atomic E-state index is 0.391. The lowest BCUT2D eigenvalue weighted by Crippen LogP contribution is -2.00. The number of methoxy groups -OCH3 is 1. The largest absolute Gasteiger partial charge is 0.497 e. The Bertz CT molecular complexity index is 903. The van der Waals surface area contributed by atoms with Gasteiger partial charge in [-0.05, 0) is 31.5 Å². The lowest BCUT2D eigenvalue weighted by molar-refractivity contribution is 0.414. The summed E-state index contributed by atoms with van der Waals surface area (Å²) >= 11 is 0. The molecule has 0 aliphatic rings. The Morgan fingerprint density at radius 1 is 1.09 bits per heavy atom. The van der Waals surface area contributed by atoms with Gasteiger partial charge in [-0.25, -0.2) is 4.68 Å². The van der Waals surface area contributed by atoms with E-state index in [0.717, 1.165) is 28.3 Å². The lowest BCUT2D eigenvalue weighted by atomic mass is 10.0. The van der Waals surface area contributed by atoms with Crippen LogP contribution in [-0.4, -0.2) is 16.9 Å². The number of hydrogen-bond donors (Lipinski definition) is 0. The molecule has 0 bridgehead atoms. The number of nitriles is 1. The average molecular weight is 303 g/mol. The van der Waals surface area contributed by atoms with Crippen LogP contribution in [0.1, 0.15) is 16.8 Å². The van der Waals surface area contributed by atoms with Gasteiger partial charge < -0.3 is 4.74 Å². The molecule has 0 aliphatic heterocycles. The zero-order chi connectivity index (χ0) is 16.4. The van der Waals surface area contributed by atoms with Crippen LogP contribution in [0.5, 0.6) is 5.75 Å². The smallest absolute Gasteiger partial charge is 0.163 e. The quantitative estimate of drug-likeness (QED) is 0.734. The van der Waals surface area contributed by atoms with Gasteiger partial charge in [0.05, 0.1) is 18.5 Å². The fourth-order valence-corrected chi connectivity index (χ4v) is 2.67. The Balaban J connectivity index is 2.21. The summed E-state index contributed by atoms with van der Waals surface area (Å²) < 4.78 is 7.08. The molecule has 0 saturated carbocycles. The third-order valence-corrected chi connectivity index (χ3v) is 3.78. The van der Waals surface area contributed by atoms with Gasteiger partial charge in [0.15, 0.2) is 5.69 Å². The molecule has 2 aromatic carbocycles. The van der Waals surface area contributed by atoms with Gasteiger partial charge in [0.1, 0.15) is 11.8 Å². The van der Waals surface area contributed by atoms with Crippen LogP contribution in [0.15, 0.2) is 48.5 Å². The molecule has 3 aromatic rings. The zero-order valence-corrected chi connectivity index (χ0v) is 13.4. The normalized spacial score (nSPS) is 10.3. The summed E-state index contributed by atoms with van der Waals surface area (Å²) in [7, 11) is 1.63. The molecular formula is C19H17N3O. The van der Waals surface area contributed by atoms with Gasteiger partial charge in [0.25, 0.3) is 0 Å². The van der Waals surface area contributed by atoms with Crippen molar-refractivity contribution in [2.45, 2.75) is 13.8 Å². The van der Waals surface area contributed by atoms with Crippen molar-refractivity contribution in [2.24, 2.45) is 0 Å². The zero-order valence-electron chi connectivity index (χ0n) is 13.4. The average Bonchev–Trinajstić information content (AvgIpc) is 2.99. The lowest BCUT2D eigenvalue weighted by Gasteiger charge is -2.11. The van der Waals surface area contributed by atoms with Crippen molar-refractivity contribution < 1.29 is 4.74 Å². The molecule has 0 N–H and O–H groups in total. The highest BCUT2D eigenvalue weighted by atomic mass is 16.5. The molecule has 114 valence electrons. The molecule has 3 rings (SSSR count). The molecule has 0 radical (unpaired) electrons. The fraction of sp³-hybridized carbons (Fsp3) is 0.158. The van der Waals surface area contributed by atoms with Gasteiger partial charge in [-0.2, -0.15) is 10.4 Å². The number of benzene rings is 2. The second kappa shape index (κ2) is 5.98. The van der Waals surface area contributed by atoms with E-state index < -0.39 is 0 Å². The molecule has 0 atom stereocenters. The van der Waals surface area contributed by atoms with Gasteiger partial charge in [-0.15, -0.1) is 0 Å². The minimum Gasteiger partial charge on any atom is -0.497 e. The first kappa shape index (κ1) is 14.9. The van der Waals surface area contributed by atoms with Crippen LogP contribution < -0.4 is 4.74 Å². The molecule has 0 fully saturated rings. The molecule has 0 aliphatic carbocycles. The van der Waals surface area contributed by atoms with Crippen molar-refractivity contribution in [3.63, 3.8) is 0 Å². The van der Waals surface area contributed by atoms with Crippen molar-refractivity contribution in [3.05, 3.63) is 65.4 Å². The summed E-state index contributed by atoms with van der Waals surface area (Å²) in [6, 6.07) is 17.9. The van der Waals surface area contributed by atoms with Crippen molar-refractivity contribution in [1.29, 1.82) is 5.26 Å². The maximum atomic E-state index is 9.23. The first-order chi connectivity index (χ1) is 11.1. The summed E-state index contributed by atoms with van der Waals surface area (Å²) in [6.45, 7) is 4.13. The van der Waals surface area contributed by atoms with Crippen molar-refractivity contribution in [2.75, 3.05) is 7.11 Å². The minimum absolute atomic E-state index is 0.391. The van der Waals surface area contributed by atoms with E-state index in [-0.39, 0.29) is 0 Å².